The molecule has 0 saturated carbocycles. The summed E-state index contributed by atoms with van der Waals surface area (Å²) in [5.74, 6) is -0.423. The van der Waals surface area contributed by atoms with Gasteiger partial charge in [-0.15, -0.1) is 0 Å². The molecule has 1 saturated heterocycles. The Labute approximate surface area is 98.9 Å². The van der Waals surface area contributed by atoms with Gasteiger partial charge in [0.05, 0.1) is 6.54 Å². The van der Waals surface area contributed by atoms with Gasteiger partial charge in [-0.1, -0.05) is 30.3 Å². The number of esters is 1. The molecule has 0 aromatic heterocycles. The first kappa shape index (κ1) is 11.4. The van der Waals surface area contributed by atoms with Gasteiger partial charge < -0.3 is 9.47 Å². The summed E-state index contributed by atoms with van der Waals surface area (Å²) >= 11 is 0. The van der Waals surface area contributed by atoms with Crippen LogP contribution in [0.3, 0.4) is 0 Å². The molecule has 1 fully saturated rings. The molecule has 0 bridgehead atoms. The lowest BCUT2D eigenvalue weighted by molar-refractivity contribution is -0.145. The predicted molar refractivity (Wildman–Crippen MR) is 59.2 cm³/mol. The van der Waals surface area contributed by atoms with E-state index in [9.17, 15) is 9.59 Å². The molecule has 0 unspecified atom stereocenters. The van der Waals surface area contributed by atoms with Crippen molar-refractivity contribution in [1.29, 1.82) is 0 Å². The Kier molecular flexibility index (Phi) is 3.59. The Morgan fingerprint density at radius 2 is 2.12 bits per heavy atom. The number of cyclic esters (lactones) is 1. The summed E-state index contributed by atoms with van der Waals surface area (Å²) in [7, 11) is 0. The van der Waals surface area contributed by atoms with Crippen LogP contribution in [0.15, 0.2) is 30.3 Å². The van der Waals surface area contributed by atoms with E-state index in [0.29, 0.717) is 13.2 Å². The van der Waals surface area contributed by atoms with Crippen molar-refractivity contribution in [2.45, 2.75) is 6.61 Å². The van der Waals surface area contributed by atoms with E-state index in [-0.39, 0.29) is 13.2 Å². The molecule has 1 aromatic rings. The molecule has 1 aliphatic heterocycles. The van der Waals surface area contributed by atoms with Crippen molar-refractivity contribution >= 4 is 12.1 Å². The third-order valence-corrected chi connectivity index (χ3v) is 2.41. The number of ether oxygens (including phenoxy) is 2. The Bertz CT molecular complexity index is 404. The van der Waals surface area contributed by atoms with Gasteiger partial charge in [-0.3, -0.25) is 9.69 Å². The Hall–Kier alpha value is -2.04. The minimum atomic E-state index is -0.457. The fourth-order valence-corrected chi connectivity index (χ4v) is 1.51. The van der Waals surface area contributed by atoms with Crippen LogP contribution in [0.5, 0.6) is 0 Å². The summed E-state index contributed by atoms with van der Waals surface area (Å²) in [6.45, 7) is 0.957. The van der Waals surface area contributed by atoms with Crippen LogP contribution in [0.2, 0.25) is 0 Å². The van der Waals surface area contributed by atoms with Gasteiger partial charge in [-0.05, 0) is 5.56 Å². The van der Waals surface area contributed by atoms with Crippen LogP contribution in [0.1, 0.15) is 5.56 Å². The zero-order valence-corrected chi connectivity index (χ0v) is 9.30. The molecule has 0 spiro atoms. The second-order valence-corrected chi connectivity index (χ2v) is 3.68. The fourth-order valence-electron chi connectivity index (χ4n) is 1.51. The first-order valence-electron chi connectivity index (χ1n) is 5.37. The summed E-state index contributed by atoms with van der Waals surface area (Å²) in [6, 6.07) is 9.39. The van der Waals surface area contributed by atoms with E-state index in [1.165, 1.54) is 4.90 Å². The largest absolute Gasteiger partial charge is 0.459 e. The van der Waals surface area contributed by atoms with Gasteiger partial charge in [0.2, 0.25) is 0 Å². The lowest BCUT2D eigenvalue weighted by atomic mass is 10.2. The van der Waals surface area contributed by atoms with Crippen LogP contribution in [0, 0.1) is 0 Å². The van der Waals surface area contributed by atoms with E-state index in [1.54, 1.807) is 0 Å². The number of nitrogens with zero attached hydrogens (tertiary/aromatic N) is 1. The number of amides is 1. The molecule has 0 atom stereocenters. The Balaban J connectivity index is 1.76. The molecule has 5 heteroatoms. The maximum atomic E-state index is 11.4. The van der Waals surface area contributed by atoms with Crippen LogP contribution in [-0.4, -0.2) is 36.7 Å². The van der Waals surface area contributed by atoms with Gasteiger partial charge in [-0.2, -0.15) is 0 Å². The lowest BCUT2D eigenvalue weighted by Gasteiger charge is -2.11. The van der Waals surface area contributed by atoms with Crippen molar-refractivity contribution in [2.24, 2.45) is 0 Å². The van der Waals surface area contributed by atoms with Crippen molar-refractivity contribution in [2.75, 3.05) is 19.7 Å². The van der Waals surface area contributed by atoms with Crippen molar-refractivity contribution < 1.29 is 19.1 Å². The topological polar surface area (TPSA) is 55.8 Å². The molecular weight excluding hydrogens is 222 g/mol. The first-order chi connectivity index (χ1) is 8.25. The molecule has 17 heavy (non-hydrogen) atoms. The SMILES string of the molecule is O=C(CN1CCOC1=O)OCc1ccccc1. The molecular formula is C12H13NO4. The minimum Gasteiger partial charge on any atom is -0.459 e. The predicted octanol–water partition coefficient (Wildman–Crippen LogP) is 1.18. The van der Waals surface area contributed by atoms with E-state index in [4.69, 9.17) is 9.47 Å². The van der Waals surface area contributed by atoms with Crippen molar-refractivity contribution in [3.8, 4) is 0 Å². The monoisotopic (exact) mass is 235 g/mol. The average molecular weight is 235 g/mol. The minimum absolute atomic E-state index is 0.0499. The average Bonchev–Trinajstić information content (AvgIpc) is 2.74. The fraction of sp³-hybridized carbons (Fsp3) is 0.333. The summed E-state index contributed by atoms with van der Waals surface area (Å²) in [5.41, 5.74) is 0.921. The molecule has 2 rings (SSSR count). The zero-order valence-electron chi connectivity index (χ0n) is 9.30. The Morgan fingerprint density at radius 1 is 1.35 bits per heavy atom. The van der Waals surface area contributed by atoms with Gasteiger partial charge in [-0.25, -0.2) is 4.79 Å². The van der Waals surface area contributed by atoms with E-state index < -0.39 is 12.1 Å². The van der Waals surface area contributed by atoms with Crippen LogP contribution >= 0.6 is 0 Å². The molecule has 0 N–H and O–H groups in total. The number of carbonyl (C=O) groups excluding carboxylic acids is 2. The van der Waals surface area contributed by atoms with Gasteiger partial charge >= 0.3 is 12.1 Å². The van der Waals surface area contributed by atoms with Crippen molar-refractivity contribution in [3.63, 3.8) is 0 Å². The number of rotatable bonds is 4. The van der Waals surface area contributed by atoms with Crippen LogP contribution in [0.25, 0.3) is 0 Å². The molecule has 1 aliphatic rings. The standard InChI is InChI=1S/C12H13NO4/c14-11(8-13-6-7-16-12(13)15)17-9-10-4-2-1-3-5-10/h1-5H,6-9H2. The second kappa shape index (κ2) is 5.34. The van der Waals surface area contributed by atoms with Crippen molar-refractivity contribution in [1.82, 2.24) is 4.90 Å². The molecule has 0 aliphatic carbocycles. The highest BCUT2D eigenvalue weighted by atomic mass is 16.6. The normalized spacial score (nSPS) is 14.6. The maximum Gasteiger partial charge on any atom is 0.410 e. The van der Waals surface area contributed by atoms with E-state index in [1.807, 2.05) is 30.3 Å². The molecule has 1 amide bonds. The molecule has 1 aromatic carbocycles. The molecule has 1 heterocycles. The zero-order chi connectivity index (χ0) is 12.1. The van der Waals surface area contributed by atoms with Crippen LogP contribution in [-0.2, 0) is 20.9 Å². The highest BCUT2D eigenvalue weighted by molar-refractivity contribution is 5.78. The number of carbonyl (C=O) groups is 2. The van der Waals surface area contributed by atoms with Gasteiger partial charge in [0.1, 0.15) is 19.8 Å². The third-order valence-electron chi connectivity index (χ3n) is 2.41. The first-order valence-corrected chi connectivity index (χ1v) is 5.37. The number of hydrogen-bond acceptors (Lipinski definition) is 4. The molecule has 0 radical (unpaired) electrons. The highest BCUT2D eigenvalue weighted by Crippen LogP contribution is 2.04. The van der Waals surface area contributed by atoms with E-state index in [2.05, 4.69) is 0 Å². The van der Waals surface area contributed by atoms with Gasteiger partial charge in [0.25, 0.3) is 0 Å². The highest BCUT2D eigenvalue weighted by Gasteiger charge is 2.24. The summed E-state index contributed by atoms with van der Waals surface area (Å²) in [6.07, 6.45) is -0.457. The van der Waals surface area contributed by atoms with E-state index in [0.717, 1.165) is 5.56 Å². The van der Waals surface area contributed by atoms with E-state index >= 15 is 0 Å². The number of hydrogen-bond donors (Lipinski definition) is 0. The molecule has 5 nitrogen and oxygen atoms in total. The summed E-state index contributed by atoms with van der Waals surface area (Å²) < 4.78 is 9.76. The third kappa shape index (κ3) is 3.21. The summed E-state index contributed by atoms with van der Waals surface area (Å²) in [4.78, 5) is 23.9. The maximum absolute atomic E-state index is 11.4. The van der Waals surface area contributed by atoms with Crippen molar-refractivity contribution in [3.05, 3.63) is 35.9 Å². The second-order valence-electron chi connectivity index (χ2n) is 3.68. The summed E-state index contributed by atoms with van der Waals surface area (Å²) in [5, 5.41) is 0. The lowest BCUT2D eigenvalue weighted by Crippen LogP contribution is -2.31. The van der Waals surface area contributed by atoms with Crippen LogP contribution in [0.4, 0.5) is 4.79 Å². The van der Waals surface area contributed by atoms with Gasteiger partial charge in [0, 0.05) is 0 Å². The van der Waals surface area contributed by atoms with Gasteiger partial charge in [0.15, 0.2) is 0 Å². The van der Waals surface area contributed by atoms with Crippen LogP contribution < -0.4 is 0 Å². The molecule has 90 valence electrons. The quantitative estimate of drug-likeness (QED) is 0.735. The smallest absolute Gasteiger partial charge is 0.410 e. The Morgan fingerprint density at radius 3 is 2.76 bits per heavy atom. The number of benzene rings is 1.